The van der Waals surface area contributed by atoms with E-state index in [1.807, 2.05) is 20.8 Å². The number of Topliss-reactive ketones (excluding diaryl/α,β-unsaturated/α-hetero) is 1. The van der Waals surface area contributed by atoms with Gasteiger partial charge in [0, 0.05) is 24.4 Å². The first-order valence-corrected chi connectivity index (χ1v) is 12.5. The zero-order valence-corrected chi connectivity index (χ0v) is 22.3. The summed E-state index contributed by atoms with van der Waals surface area (Å²) in [6.45, 7) is 10.7. The molecule has 0 radical (unpaired) electrons. The van der Waals surface area contributed by atoms with Crippen LogP contribution >= 0.6 is 0 Å². The molecule has 3 N–H and O–H groups in total. The zero-order valence-electron chi connectivity index (χ0n) is 22.3. The van der Waals surface area contributed by atoms with Gasteiger partial charge >= 0.3 is 12.0 Å². The first kappa shape index (κ1) is 28.1. The summed E-state index contributed by atoms with van der Waals surface area (Å²) in [5.74, 6) is -1.71. The number of aliphatic hydroxyl groups excluding tert-OH is 2. The number of hydrogen-bond donors (Lipinski definition) is 3. The standard InChI is InChI=1S/C27H40N2O7/c1-14-8-9-20(15(2)11-18-13-35-26(28-18)34-7)36-22(31)12-21(30)27(5,6)25(33)17(4)24(32)16(3)23-19(10-14)29-23/h8,11,13,16-17,19-21,23-24,29-30,32H,9-10,12H2,1-7H3/b14-8-,15-11+/t16-,17+,19?,20-,21-,23?,24-/m0/s1. The van der Waals surface area contributed by atoms with Crippen molar-refractivity contribution in [2.75, 3.05) is 7.11 Å². The van der Waals surface area contributed by atoms with E-state index in [1.165, 1.54) is 13.4 Å². The molecule has 36 heavy (non-hydrogen) atoms. The molecule has 0 spiro atoms. The predicted octanol–water partition coefficient (Wildman–Crippen LogP) is 3.06. The first-order chi connectivity index (χ1) is 16.8. The van der Waals surface area contributed by atoms with Crippen LogP contribution in [0.2, 0.25) is 0 Å². The maximum absolute atomic E-state index is 13.3. The Balaban J connectivity index is 1.88. The minimum absolute atomic E-state index is 0.108. The summed E-state index contributed by atoms with van der Waals surface area (Å²) < 4.78 is 16.0. The van der Waals surface area contributed by atoms with Gasteiger partial charge in [-0.25, -0.2) is 0 Å². The summed E-state index contributed by atoms with van der Waals surface area (Å²) in [4.78, 5) is 30.3. The lowest BCUT2D eigenvalue weighted by molar-refractivity contribution is -0.154. The molecular weight excluding hydrogens is 464 g/mol. The molecule has 1 aromatic rings. The zero-order chi connectivity index (χ0) is 26.8. The van der Waals surface area contributed by atoms with Crippen molar-refractivity contribution in [2.24, 2.45) is 17.3 Å². The molecule has 2 aliphatic rings. The molecule has 0 amide bonds. The molecule has 9 nitrogen and oxygen atoms in total. The fraction of sp³-hybridized carbons (Fsp3) is 0.667. The maximum atomic E-state index is 13.3. The quantitative estimate of drug-likeness (QED) is 0.322. The molecule has 0 saturated carbocycles. The second kappa shape index (κ2) is 11.3. The van der Waals surface area contributed by atoms with Crippen molar-refractivity contribution in [2.45, 2.75) is 91.2 Å². The summed E-state index contributed by atoms with van der Waals surface area (Å²) in [7, 11) is 1.46. The lowest BCUT2D eigenvalue weighted by Crippen LogP contribution is -2.46. The third-order valence-electron chi connectivity index (χ3n) is 7.64. The molecule has 2 aliphatic heterocycles. The highest BCUT2D eigenvalue weighted by molar-refractivity contribution is 5.88. The average Bonchev–Trinajstić information content (AvgIpc) is 3.44. The van der Waals surface area contributed by atoms with E-state index >= 15 is 0 Å². The molecule has 2 unspecified atom stereocenters. The molecule has 1 aromatic heterocycles. The Labute approximate surface area is 213 Å². The number of cyclic esters (lactones) is 1. The third-order valence-corrected chi connectivity index (χ3v) is 7.64. The lowest BCUT2D eigenvalue weighted by Gasteiger charge is -2.34. The summed E-state index contributed by atoms with van der Waals surface area (Å²) in [5, 5.41) is 25.2. The molecule has 1 fully saturated rings. The van der Waals surface area contributed by atoms with Crippen LogP contribution in [0.4, 0.5) is 0 Å². The number of esters is 1. The SMILES string of the molecule is COc1nc(/C=C(\C)[C@@H]2C/C=C(/C)CC3NC3[C@H](C)[C@H](O)[C@@H](C)C(=O)C(C)(C)[C@@H](O)CC(=O)O2)co1. The number of rotatable bonds is 3. The number of ketones is 1. The molecule has 200 valence electrons. The van der Waals surface area contributed by atoms with Crippen molar-refractivity contribution in [3.8, 4) is 6.08 Å². The number of oxazole rings is 1. The Morgan fingerprint density at radius 1 is 1.25 bits per heavy atom. The number of nitrogens with one attached hydrogen (secondary N) is 1. The Bertz CT molecular complexity index is 1010. The van der Waals surface area contributed by atoms with Gasteiger partial charge in [0.15, 0.2) is 0 Å². The summed E-state index contributed by atoms with van der Waals surface area (Å²) in [6, 6.07) is 0.317. The number of fused-ring (bicyclic) bond motifs is 1. The van der Waals surface area contributed by atoms with E-state index in [4.69, 9.17) is 13.9 Å². The van der Waals surface area contributed by atoms with Gasteiger partial charge < -0.3 is 29.4 Å². The first-order valence-electron chi connectivity index (χ1n) is 12.5. The molecule has 3 rings (SSSR count). The molecule has 9 heteroatoms. The Morgan fingerprint density at radius 2 is 1.94 bits per heavy atom. The van der Waals surface area contributed by atoms with Gasteiger partial charge in [0.05, 0.1) is 31.2 Å². The number of aromatic nitrogens is 1. The van der Waals surface area contributed by atoms with Crippen molar-refractivity contribution in [3.05, 3.63) is 29.2 Å². The van der Waals surface area contributed by atoms with E-state index < -0.39 is 35.6 Å². The van der Waals surface area contributed by atoms with Gasteiger partial charge in [0.1, 0.15) is 23.8 Å². The van der Waals surface area contributed by atoms with Crippen molar-refractivity contribution in [1.29, 1.82) is 0 Å². The van der Waals surface area contributed by atoms with E-state index in [0.29, 0.717) is 12.1 Å². The molecule has 3 heterocycles. The van der Waals surface area contributed by atoms with Crippen LogP contribution in [0.3, 0.4) is 0 Å². The smallest absolute Gasteiger partial charge is 0.393 e. The normalized spacial score (nSPS) is 35.9. The van der Waals surface area contributed by atoms with Crippen LogP contribution < -0.4 is 10.1 Å². The van der Waals surface area contributed by atoms with E-state index in [1.54, 1.807) is 26.8 Å². The van der Waals surface area contributed by atoms with Gasteiger partial charge in [0.2, 0.25) is 0 Å². The monoisotopic (exact) mass is 504 g/mol. The van der Waals surface area contributed by atoms with Crippen molar-refractivity contribution >= 4 is 17.8 Å². The number of carbonyl (C=O) groups is 2. The average molecular weight is 505 g/mol. The van der Waals surface area contributed by atoms with Crippen LogP contribution in [-0.2, 0) is 14.3 Å². The highest BCUT2D eigenvalue weighted by Crippen LogP contribution is 2.35. The van der Waals surface area contributed by atoms with Crippen LogP contribution in [0.1, 0.15) is 66.5 Å². The number of methoxy groups -OCH3 is 1. The number of aliphatic hydroxyl groups is 2. The Morgan fingerprint density at radius 3 is 2.58 bits per heavy atom. The number of nitrogens with zero attached hydrogens (tertiary/aromatic N) is 1. The number of carbonyl (C=O) groups excluding carboxylic acids is 2. The molecule has 7 atom stereocenters. The lowest BCUT2D eigenvalue weighted by atomic mass is 9.73. The summed E-state index contributed by atoms with van der Waals surface area (Å²) in [5.41, 5.74) is 1.18. The topological polar surface area (TPSA) is 141 Å². The second-order valence-corrected chi connectivity index (χ2v) is 10.8. The minimum Gasteiger partial charge on any atom is -0.457 e. The fourth-order valence-corrected chi connectivity index (χ4v) is 4.91. The summed E-state index contributed by atoms with van der Waals surface area (Å²) >= 11 is 0. The van der Waals surface area contributed by atoms with Crippen LogP contribution in [0, 0.1) is 17.3 Å². The molecular formula is C27H40N2O7. The van der Waals surface area contributed by atoms with E-state index in [0.717, 1.165) is 17.6 Å². The molecule has 1 saturated heterocycles. The number of ether oxygens (including phenoxy) is 2. The Hall–Kier alpha value is -2.49. The van der Waals surface area contributed by atoms with Crippen LogP contribution in [0.25, 0.3) is 6.08 Å². The van der Waals surface area contributed by atoms with Crippen LogP contribution in [0.15, 0.2) is 27.9 Å². The largest absolute Gasteiger partial charge is 0.457 e. The minimum atomic E-state index is -1.26. The predicted molar refractivity (Wildman–Crippen MR) is 134 cm³/mol. The van der Waals surface area contributed by atoms with E-state index in [2.05, 4.69) is 16.4 Å². The van der Waals surface area contributed by atoms with E-state index in [9.17, 15) is 19.8 Å². The van der Waals surface area contributed by atoms with Crippen molar-refractivity contribution in [3.63, 3.8) is 0 Å². The Kier molecular flexibility index (Phi) is 8.80. The third kappa shape index (κ3) is 6.44. The summed E-state index contributed by atoms with van der Waals surface area (Å²) in [6.07, 6.45) is 3.59. The van der Waals surface area contributed by atoms with Gasteiger partial charge in [-0.3, -0.25) is 9.59 Å². The van der Waals surface area contributed by atoms with Gasteiger partial charge in [0.25, 0.3) is 0 Å². The molecule has 0 bridgehead atoms. The number of hydrogen-bond acceptors (Lipinski definition) is 9. The maximum Gasteiger partial charge on any atom is 0.393 e. The molecule has 0 aromatic carbocycles. The van der Waals surface area contributed by atoms with Gasteiger partial charge in [-0.05, 0) is 37.8 Å². The molecule has 0 aliphatic carbocycles. The van der Waals surface area contributed by atoms with Crippen molar-refractivity contribution < 1.29 is 33.7 Å². The van der Waals surface area contributed by atoms with Gasteiger partial charge in [-0.15, -0.1) is 0 Å². The van der Waals surface area contributed by atoms with Gasteiger partial charge in [-0.1, -0.05) is 39.3 Å². The van der Waals surface area contributed by atoms with Gasteiger partial charge in [-0.2, -0.15) is 4.98 Å². The highest BCUT2D eigenvalue weighted by atomic mass is 16.6. The second-order valence-electron chi connectivity index (χ2n) is 10.8. The van der Waals surface area contributed by atoms with Crippen molar-refractivity contribution in [1.82, 2.24) is 10.3 Å². The van der Waals surface area contributed by atoms with Crippen LogP contribution in [0.5, 0.6) is 6.08 Å². The van der Waals surface area contributed by atoms with Crippen LogP contribution in [-0.4, -0.2) is 64.5 Å². The highest BCUT2D eigenvalue weighted by Gasteiger charge is 2.47. The fourth-order valence-electron chi connectivity index (χ4n) is 4.91. The van der Waals surface area contributed by atoms with E-state index in [-0.39, 0.29) is 36.3 Å².